The van der Waals surface area contributed by atoms with E-state index in [-0.39, 0.29) is 17.1 Å². The second-order valence-corrected chi connectivity index (χ2v) is 11.1. The Bertz CT molecular complexity index is 1430. The third kappa shape index (κ3) is 4.22. The second kappa shape index (κ2) is 8.77. The normalized spacial score (nSPS) is 11.8. The van der Waals surface area contributed by atoms with Crippen LogP contribution in [0.25, 0.3) is 21.7 Å². The molecular formula is C24H23N3O2S3. The van der Waals surface area contributed by atoms with Crippen LogP contribution in [0.15, 0.2) is 64.5 Å². The van der Waals surface area contributed by atoms with Crippen molar-refractivity contribution in [3.05, 3.63) is 74.5 Å². The number of thiazole rings is 1. The summed E-state index contributed by atoms with van der Waals surface area (Å²) >= 11 is 8.19. The number of fused-ring (bicyclic) bond motifs is 1. The molecule has 32 heavy (non-hydrogen) atoms. The second-order valence-electron chi connectivity index (χ2n) is 8.47. The molecule has 0 saturated heterocycles. The molecule has 0 atom stereocenters. The van der Waals surface area contributed by atoms with Gasteiger partial charge >= 0.3 is 0 Å². The predicted molar refractivity (Wildman–Crippen MR) is 135 cm³/mol. The molecule has 0 aliphatic rings. The van der Waals surface area contributed by atoms with Crippen molar-refractivity contribution in [1.29, 1.82) is 0 Å². The van der Waals surface area contributed by atoms with Gasteiger partial charge in [-0.25, -0.2) is 4.98 Å². The monoisotopic (exact) mass is 481 g/mol. The quantitative estimate of drug-likeness (QED) is 0.199. The summed E-state index contributed by atoms with van der Waals surface area (Å²) in [7, 11) is 0. The summed E-state index contributed by atoms with van der Waals surface area (Å²) in [6.07, 6.45) is 0. The number of carbonyl (C=O) groups is 1. The van der Waals surface area contributed by atoms with Gasteiger partial charge in [-0.1, -0.05) is 80.3 Å². The van der Waals surface area contributed by atoms with Crippen LogP contribution in [0.1, 0.15) is 26.3 Å². The van der Waals surface area contributed by atoms with Crippen molar-refractivity contribution in [3.8, 4) is 11.4 Å². The van der Waals surface area contributed by atoms with E-state index in [4.69, 9.17) is 17.2 Å². The fourth-order valence-electron chi connectivity index (χ4n) is 3.21. The van der Waals surface area contributed by atoms with Crippen LogP contribution < -0.4 is 5.56 Å². The summed E-state index contributed by atoms with van der Waals surface area (Å²) in [5.41, 5.74) is 2.52. The first kappa shape index (κ1) is 22.6. The zero-order valence-corrected chi connectivity index (χ0v) is 20.7. The molecule has 0 spiro atoms. The van der Waals surface area contributed by atoms with Crippen molar-refractivity contribution < 1.29 is 4.79 Å². The molecule has 164 valence electrons. The van der Waals surface area contributed by atoms with E-state index in [1.165, 1.54) is 23.1 Å². The summed E-state index contributed by atoms with van der Waals surface area (Å²) in [6.45, 7) is 7.69. The van der Waals surface area contributed by atoms with Gasteiger partial charge in [0, 0.05) is 5.41 Å². The number of thioether (sulfide) groups is 1. The number of hydrogen-bond acceptors (Lipinski definition) is 6. The molecule has 2 heterocycles. The number of hydrogen-bond donors (Lipinski definition) is 0. The smallest absolute Gasteiger partial charge is 0.278 e. The molecule has 0 fully saturated rings. The minimum absolute atomic E-state index is 0.0949. The van der Waals surface area contributed by atoms with Crippen molar-refractivity contribution in [2.75, 3.05) is 5.75 Å². The molecule has 2 aromatic carbocycles. The number of Topliss-reactive ketones (excluding diaryl/α,β-unsaturated/α-hetero) is 1. The summed E-state index contributed by atoms with van der Waals surface area (Å²) in [4.78, 5) is 31.1. The van der Waals surface area contributed by atoms with Gasteiger partial charge in [0.15, 0.2) is 14.8 Å². The zero-order chi connectivity index (χ0) is 23.0. The highest BCUT2D eigenvalue weighted by atomic mass is 32.2. The van der Waals surface area contributed by atoms with Gasteiger partial charge in [0.1, 0.15) is 10.5 Å². The van der Waals surface area contributed by atoms with Gasteiger partial charge in [0.2, 0.25) is 0 Å². The average Bonchev–Trinajstić information content (AvgIpc) is 3.08. The van der Waals surface area contributed by atoms with E-state index < -0.39 is 5.41 Å². The number of benzene rings is 2. The van der Waals surface area contributed by atoms with Gasteiger partial charge in [-0.05, 0) is 42.9 Å². The first-order chi connectivity index (χ1) is 15.2. The fourth-order valence-corrected chi connectivity index (χ4v) is 5.66. The molecule has 0 saturated carbocycles. The van der Waals surface area contributed by atoms with Crippen LogP contribution in [0.3, 0.4) is 0 Å². The maximum absolute atomic E-state index is 13.6. The van der Waals surface area contributed by atoms with E-state index in [2.05, 4.69) is 0 Å². The van der Waals surface area contributed by atoms with Crippen molar-refractivity contribution >= 4 is 51.4 Å². The van der Waals surface area contributed by atoms with Crippen molar-refractivity contribution in [2.45, 2.75) is 32.9 Å². The fraction of sp³-hybridized carbons (Fsp3) is 0.250. The van der Waals surface area contributed by atoms with Crippen LogP contribution in [-0.2, 0) is 4.79 Å². The molecular weight excluding hydrogens is 458 g/mol. The van der Waals surface area contributed by atoms with E-state index in [9.17, 15) is 9.59 Å². The number of nitrogens with zero attached hydrogens (tertiary/aromatic N) is 3. The Morgan fingerprint density at radius 2 is 1.72 bits per heavy atom. The maximum Gasteiger partial charge on any atom is 0.278 e. The minimum Gasteiger partial charge on any atom is -0.298 e. The lowest BCUT2D eigenvalue weighted by molar-refractivity contribution is -0.123. The lowest BCUT2D eigenvalue weighted by Crippen LogP contribution is -2.24. The van der Waals surface area contributed by atoms with E-state index in [1.54, 1.807) is 4.57 Å². The topological polar surface area (TPSA) is 56.9 Å². The highest BCUT2D eigenvalue weighted by Gasteiger charge is 2.24. The Kier molecular flexibility index (Phi) is 6.20. The molecule has 0 aliphatic heterocycles. The van der Waals surface area contributed by atoms with Crippen LogP contribution in [0, 0.1) is 16.3 Å². The Morgan fingerprint density at radius 1 is 1.06 bits per heavy atom. The number of aromatic nitrogens is 3. The van der Waals surface area contributed by atoms with Crippen LogP contribution in [-0.4, -0.2) is 25.7 Å². The Hall–Kier alpha value is -2.55. The minimum atomic E-state index is -0.466. The van der Waals surface area contributed by atoms with Crippen LogP contribution in [0.5, 0.6) is 0 Å². The van der Waals surface area contributed by atoms with Gasteiger partial charge in [-0.3, -0.25) is 18.7 Å². The molecule has 4 rings (SSSR count). The van der Waals surface area contributed by atoms with Crippen molar-refractivity contribution in [2.24, 2.45) is 5.41 Å². The summed E-state index contributed by atoms with van der Waals surface area (Å²) in [6, 6.07) is 17.3. The van der Waals surface area contributed by atoms with Crippen LogP contribution in [0.2, 0.25) is 0 Å². The Labute approximate surface area is 199 Å². The van der Waals surface area contributed by atoms with E-state index in [1.807, 2.05) is 86.9 Å². The average molecular weight is 482 g/mol. The molecule has 0 N–H and O–H groups in total. The first-order valence-corrected chi connectivity index (χ1v) is 12.4. The molecule has 4 aromatic rings. The molecule has 0 radical (unpaired) electrons. The van der Waals surface area contributed by atoms with E-state index in [0.717, 1.165) is 11.3 Å². The van der Waals surface area contributed by atoms with Crippen LogP contribution in [0.4, 0.5) is 0 Å². The SMILES string of the molecule is Cc1ccccc1-n1c(=S)sc2c(=O)n(-c3ccccc3)c(SCC(=O)C(C)(C)C)nc21. The first-order valence-electron chi connectivity index (χ1n) is 10.1. The van der Waals surface area contributed by atoms with Gasteiger partial charge in [0.05, 0.1) is 17.1 Å². The zero-order valence-electron chi connectivity index (χ0n) is 18.3. The molecule has 0 bridgehead atoms. The van der Waals surface area contributed by atoms with E-state index in [0.29, 0.717) is 25.1 Å². The third-order valence-corrected chi connectivity index (χ3v) is 7.41. The predicted octanol–water partition coefficient (Wildman–Crippen LogP) is 5.98. The summed E-state index contributed by atoms with van der Waals surface area (Å²) in [5, 5.41) is 0.474. The Balaban J connectivity index is 1.97. The molecule has 5 nitrogen and oxygen atoms in total. The molecule has 8 heteroatoms. The third-order valence-electron chi connectivity index (χ3n) is 5.12. The molecule has 2 aromatic heterocycles. The number of ketones is 1. The molecule has 0 unspecified atom stereocenters. The standard InChI is InChI=1S/C24H23N3O2S3/c1-15-10-8-9-13-17(15)27-20-19(32-23(27)30)21(29)26(16-11-6-5-7-12-16)22(25-20)31-14-18(28)24(2,3)4/h5-13H,14H2,1-4H3. The van der Waals surface area contributed by atoms with Gasteiger partial charge in [-0.15, -0.1) is 0 Å². The number of aryl methyl sites for hydroxylation is 1. The Morgan fingerprint density at radius 3 is 2.38 bits per heavy atom. The maximum atomic E-state index is 13.6. The van der Waals surface area contributed by atoms with Crippen molar-refractivity contribution in [1.82, 2.24) is 14.1 Å². The lowest BCUT2D eigenvalue weighted by atomic mass is 9.92. The van der Waals surface area contributed by atoms with Crippen molar-refractivity contribution in [3.63, 3.8) is 0 Å². The van der Waals surface area contributed by atoms with Gasteiger partial charge in [-0.2, -0.15) is 0 Å². The van der Waals surface area contributed by atoms with E-state index >= 15 is 0 Å². The van der Waals surface area contributed by atoms with Gasteiger partial charge < -0.3 is 0 Å². The largest absolute Gasteiger partial charge is 0.298 e. The molecule has 0 aliphatic carbocycles. The summed E-state index contributed by atoms with van der Waals surface area (Å²) in [5.74, 6) is 0.321. The highest BCUT2D eigenvalue weighted by Crippen LogP contribution is 2.29. The highest BCUT2D eigenvalue weighted by molar-refractivity contribution is 7.99. The van der Waals surface area contributed by atoms with Gasteiger partial charge in [0.25, 0.3) is 5.56 Å². The molecule has 0 amide bonds. The summed E-state index contributed by atoms with van der Waals surface area (Å²) < 4.78 is 4.49. The number of carbonyl (C=O) groups excluding carboxylic acids is 1. The number of para-hydroxylation sites is 2. The lowest BCUT2D eigenvalue weighted by Gasteiger charge is -2.17. The van der Waals surface area contributed by atoms with Crippen LogP contribution >= 0.6 is 35.3 Å². The number of rotatable bonds is 5.